The third-order valence-corrected chi connectivity index (χ3v) is 3.65. The quantitative estimate of drug-likeness (QED) is 0.916. The minimum absolute atomic E-state index is 0.497. The summed E-state index contributed by atoms with van der Waals surface area (Å²) in [5.74, 6) is 0. The molecule has 20 heavy (non-hydrogen) atoms. The van der Waals surface area contributed by atoms with Crippen LogP contribution in [0.5, 0.6) is 0 Å². The summed E-state index contributed by atoms with van der Waals surface area (Å²) < 4.78 is 0. The molecule has 0 fully saturated rings. The van der Waals surface area contributed by atoms with Gasteiger partial charge < -0.3 is 10.0 Å². The van der Waals surface area contributed by atoms with E-state index in [1.54, 1.807) is 19.3 Å². The van der Waals surface area contributed by atoms with Gasteiger partial charge in [-0.2, -0.15) is 0 Å². The number of rotatable bonds is 5. The zero-order valence-electron chi connectivity index (χ0n) is 11.8. The summed E-state index contributed by atoms with van der Waals surface area (Å²) in [7, 11) is 2.02. The Morgan fingerprint density at radius 2 is 1.95 bits per heavy atom. The largest absolute Gasteiger partial charge is 0.389 e. The predicted octanol–water partition coefficient (Wildman–Crippen LogP) is 3.47. The van der Waals surface area contributed by atoms with Crippen LogP contribution in [0, 0.1) is 0 Å². The molecule has 1 N–H and O–H groups in total. The average Bonchev–Trinajstić information content (AvgIpc) is 2.45. The van der Waals surface area contributed by atoms with E-state index in [2.05, 4.69) is 9.88 Å². The van der Waals surface area contributed by atoms with Gasteiger partial charge in [0.25, 0.3) is 0 Å². The molecule has 106 valence electrons. The third kappa shape index (κ3) is 3.71. The first-order valence-corrected chi connectivity index (χ1v) is 7.03. The van der Waals surface area contributed by atoms with E-state index in [1.165, 1.54) is 5.56 Å². The lowest BCUT2D eigenvalue weighted by atomic mass is 10.1. The van der Waals surface area contributed by atoms with Crippen molar-refractivity contribution in [2.45, 2.75) is 19.4 Å². The first kappa shape index (κ1) is 14.8. The minimum Gasteiger partial charge on any atom is -0.389 e. The van der Waals surface area contributed by atoms with Crippen molar-refractivity contribution in [2.24, 2.45) is 0 Å². The molecule has 0 aliphatic rings. The lowest BCUT2D eigenvalue weighted by molar-refractivity contribution is 0.199. The maximum atomic E-state index is 9.55. The van der Waals surface area contributed by atoms with Crippen LogP contribution in [0.25, 0.3) is 0 Å². The van der Waals surface area contributed by atoms with Gasteiger partial charge in [0.15, 0.2) is 0 Å². The van der Waals surface area contributed by atoms with Gasteiger partial charge in [-0.1, -0.05) is 17.7 Å². The number of aromatic nitrogens is 1. The van der Waals surface area contributed by atoms with E-state index < -0.39 is 6.10 Å². The molecule has 1 aromatic carbocycles. The maximum absolute atomic E-state index is 9.55. The van der Waals surface area contributed by atoms with Crippen LogP contribution < -0.4 is 4.90 Å². The molecule has 0 unspecified atom stereocenters. The van der Waals surface area contributed by atoms with Crippen molar-refractivity contribution in [3.05, 3.63) is 58.9 Å². The van der Waals surface area contributed by atoms with Gasteiger partial charge in [-0.3, -0.25) is 4.98 Å². The highest BCUT2D eigenvalue weighted by Crippen LogP contribution is 2.28. The molecule has 1 aromatic heterocycles. The Balaban J connectivity index is 2.04. The van der Waals surface area contributed by atoms with Gasteiger partial charge >= 0.3 is 0 Å². The Morgan fingerprint density at radius 1 is 1.25 bits per heavy atom. The first-order chi connectivity index (χ1) is 9.58. The second-order valence-corrected chi connectivity index (χ2v) is 5.32. The van der Waals surface area contributed by atoms with E-state index in [4.69, 9.17) is 11.6 Å². The van der Waals surface area contributed by atoms with Gasteiger partial charge in [-0.05, 0) is 48.7 Å². The fourth-order valence-corrected chi connectivity index (χ4v) is 2.39. The summed E-state index contributed by atoms with van der Waals surface area (Å²) in [6, 6.07) is 9.73. The highest BCUT2D eigenvalue weighted by atomic mass is 35.5. The van der Waals surface area contributed by atoms with Crippen LogP contribution in [-0.2, 0) is 6.42 Å². The summed E-state index contributed by atoms with van der Waals surface area (Å²) in [5, 5.41) is 10.2. The number of hydrogen-bond donors (Lipinski definition) is 1. The van der Waals surface area contributed by atoms with Crippen LogP contribution in [-0.4, -0.2) is 23.7 Å². The summed E-state index contributed by atoms with van der Waals surface area (Å²) in [6.45, 7) is 2.61. The Morgan fingerprint density at radius 3 is 2.55 bits per heavy atom. The van der Waals surface area contributed by atoms with Crippen molar-refractivity contribution < 1.29 is 5.11 Å². The Bertz CT molecular complexity index is 558. The van der Waals surface area contributed by atoms with E-state index in [0.717, 1.165) is 24.2 Å². The second kappa shape index (κ2) is 6.73. The number of pyridine rings is 1. The zero-order valence-corrected chi connectivity index (χ0v) is 12.5. The number of aliphatic hydroxyl groups excluding tert-OH is 1. The van der Waals surface area contributed by atoms with Crippen molar-refractivity contribution in [1.82, 2.24) is 4.98 Å². The average molecular weight is 291 g/mol. The molecule has 1 atom stereocenters. The molecule has 0 aliphatic heterocycles. The van der Waals surface area contributed by atoms with Crippen molar-refractivity contribution in [2.75, 3.05) is 18.5 Å². The van der Waals surface area contributed by atoms with Gasteiger partial charge in [0.1, 0.15) is 0 Å². The van der Waals surface area contributed by atoms with Gasteiger partial charge in [0.05, 0.1) is 16.8 Å². The molecule has 2 rings (SSSR count). The molecule has 4 heteroatoms. The standard InChI is InChI=1S/C16H19ClN2O/c1-12(20)14-3-4-16(15(17)11-14)19(2)10-7-13-5-8-18-9-6-13/h3-6,8-9,11-12,20H,7,10H2,1-2H3/t12-/m1/s1. The molecule has 0 aliphatic carbocycles. The number of hydrogen-bond acceptors (Lipinski definition) is 3. The van der Waals surface area contributed by atoms with Crippen molar-refractivity contribution in [3.63, 3.8) is 0 Å². The molecular formula is C16H19ClN2O. The SMILES string of the molecule is C[C@@H](O)c1ccc(N(C)CCc2ccncc2)c(Cl)c1. The molecule has 0 amide bonds. The topological polar surface area (TPSA) is 36.4 Å². The fourth-order valence-electron chi connectivity index (χ4n) is 2.06. The van der Waals surface area contributed by atoms with Crippen LogP contribution in [0.2, 0.25) is 5.02 Å². The van der Waals surface area contributed by atoms with Crippen LogP contribution in [0.3, 0.4) is 0 Å². The number of benzene rings is 1. The molecule has 0 saturated heterocycles. The Kier molecular flexibility index (Phi) is 4.99. The number of halogens is 1. The first-order valence-electron chi connectivity index (χ1n) is 6.65. The van der Waals surface area contributed by atoms with Crippen LogP contribution in [0.1, 0.15) is 24.2 Å². The lowest BCUT2D eigenvalue weighted by Gasteiger charge is -2.21. The highest BCUT2D eigenvalue weighted by Gasteiger charge is 2.09. The number of nitrogens with zero attached hydrogens (tertiary/aromatic N) is 2. The molecule has 1 heterocycles. The third-order valence-electron chi connectivity index (χ3n) is 3.35. The van der Waals surface area contributed by atoms with E-state index >= 15 is 0 Å². The van der Waals surface area contributed by atoms with Crippen molar-refractivity contribution >= 4 is 17.3 Å². The fraction of sp³-hybridized carbons (Fsp3) is 0.312. The predicted molar refractivity (Wildman–Crippen MR) is 83.3 cm³/mol. The molecule has 0 bridgehead atoms. The second-order valence-electron chi connectivity index (χ2n) is 4.91. The smallest absolute Gasteiger partial charge is 0.0762 e. The lowest BCUT2D eigenvalue weighted by Crippen LogP contribution is -2.20. The zero-order chi connectivity index (χ0) is 14.5. The molecule has 0 spiro atoms. The number of anilines is 1. The van der Waals surface area contributed by atoms with Crippen LogP contribution >= 0.6 is 11.6 Å². The molecule has 0 radical (unpaired) electrons. The summed E-state index contributed by atoms with van der Waals surface area (Å²) >= 11 is 6.29. The summed E-state index contributed by atoms with van der Waals surface area (Å²) in [5.41, 5.74) is 3.06. The summed E-state index contributed by atoms with van der Waals surface area (Å²) in [6.07, 6.45) is 4.05. The van der Waals surface area contributed by atoms with E-state index in [1.807, 2.05) is 37.4 Å². The van der Waals surface area contributed by atoms with Gasteiger partial charge in [0, 0.05) is 26.0 Å². The molecular weight excluding hydrogens is 272 g/mol. The van der Waals surface area contributed by atoms with Gasteiger partial charge in [0.2, 0.25) is 0 Å². The summed E-state index contributed by atoms with van der Waals surface area (Å²) in [4.78, 5) is 6.13. The Labute approximate surface area is 124 Å². The van der Waals surface area contributed by atoms with E-state index in [0.29, 0.717) is 5.02 Å². The molecule has 3 nitrogen and oxygen atoms in total. The van der Waals surface area contributed by atoms with E-state index in [-0.39, 0.29) is 0 Å². The monoisotopic (exact) mass is 290 g/mol. The number of likely N-dealkylation sites (N-methyl/N-ethyl adjacent to an activating group) is 1. The minimum atomic E-state index is -0.497. The molecule has 2 aromatic rings. The highest BCUT2D eigenvalue weighted by molar-refractivity contribution is 6.33. The van der Waals surface area contributed by atoms with Crippen LogP contribution in [0.15, 0.2) is 42.7 Å². The van der Waals surface area contributed by atoms with Crippen molar-refractivity contribution in [3.8, 4) is 0 Å². The van der Waals surface area contributed by atoms with E-state index in [9.17, 15) is 5.11 Å². The molecule has 0 saturated carbocycles. The van der Waals surface area contributed by atoms with Gasteiger partial charge in [-0.25, -0.2) is 0 Å². The van der Waals surface area contributed by atoms with Crippen LogP contribution in [0.4, 0.5) is 5.69 Å². The maximum Gasteiger partial charge on any atom is 0.0762 e. The van der Waals surface area contributed by atoms with Gasteiger partial charge in [-0.15, -0.1) is 0 Å². The van der Waals surface area contributed by atoms with Crippen molar-refractivity contribution in [1.29, 1.82) is 0 Å². The normalized spacial score (nSPS) is 12.2. The Hall–Kier alpha value is -1.58. The number of aliphatic hydroxyl groups is 1.